The molecule has 80 valence electrons. The predicted molar refractivity (Wildman–Crippen MR) is 64.3 cm³/mol. The summed E-state index contributed by atoms with van der Waals surface area (Å²) in [6.07, 6.45) is 5.30. The maximum Gasteiger partial charge on any atom is 0.0634 e. The highest BCUT2D eigenvalue weighted by Crippen LogP contribution is 2.17. The second-order valence-corrected chi connectivity index (χ2v) is 5.28. The smallest absolute Gasteiger partial charge is 0.0634 e. The zero-order valence-corrected chi connectivity index (χ0v) is 10.8. The number of hydrogen-bond acceptors (Lipinski definition) is 2. The van der Waals surface area contributed by atoms with E-state index in [1.165, 1.54) is 5.06 Å². The molecule has 0 rings (SSSR count). The van der Waals surface area contributed by atoms with Gasteiger partial charge in [0.1, 0.15) is 0 Å². The maximum atomic E-state index is 9.81. The van der Waals surface area contributed by atoms with Crippen LogP contribution >= 0.6 is 15.9 Å². The molecule has 0 aromatic heterocycles. The van der Waals surface area contributed by atoms with Gasteiger partial charge in [0.25, 0.3) is 0 Å². The number of rotatable bonds is 3. The Morgan fingerprint density at radius 3 is 2.14 bits per heavy atom. The molecule has 0 saturated heterocycles. The summed E-state index contributed by atoms with van der Waals surface area (Å²) in [4.78, 5) is 0. The Labute approximate surface area is 94.7 Å². The second kappa shape index (κ2) is 5.37. The molecule has 0 heterocycles. The molecule has 14 heavy (non-hydrogen) atoms. The molecule has 0 bridgehead atoms. The van der Waals surface area contributed by atoms with Crippen molar-refractivity contribution in [3.05, 3.63) is 35.0 Å². The van der Waals surface area contributed by atoms with Gasteiger partial charge in [0.15, 0.2) is 0 Å². The summed E-state index contributed by atoms with van der Waals surface area (Å²) in [5, 5.41) is 11.0. The highest BCUT2D eigenvalue weighted by atomic mass is 79.9. The molecule has 0 radical (unpaired) electrons. The van der Waals surface area contributed by atoms with Crippen LogP contribution in [0.3, 0.4) is 0 Å². The molecule has 0 aliphatic rings. The van der Waals surface area contributed by atoms with Crippen molar-refractivity contribution in [2.45, 2.75) is 33.2 Å². The van der Waals surface area contributed by atoms with Crippen LogP contribution < -0.4 is 0 Å². The summed E-state index contributed by atoms with van der Waals surface area (Å²) in [5.74, 6) is 0. The van der Waals surface area contributed by atoms with Gasteiger partial charge in [0.05, 0.1) is 11.2 Å². The molecule has 0 amide bonds. The van der Waals surface area contributed by atoms with Crippen molar-refractivity contribution in [3.63, 3.8) is 0 Å². The molecule has 0 aromatic carbocycles. The molecule has 2 nitrogen and oxygen atoms in total. The van der Waals surface area contributed by atoms with Crippen LogP contribution in [0.1, 0.15) is 27.7 Å². The molecular weight excluding hydrogens is 242 g/mol. The molecule has 0 aliphatic heterocycles. The second-order valence-electron chi connectivity index (χ2n) is 4.03. The Balaban J connectivity index is 4.83. The summed E-state index contributed by atoms with van der Waals surface area (Å²) in [6, 6.07) is 0. The highest BCUT2D eigenvalue weighted by molar-refractivity contribution is 9.11. The number of hydrogen-bond donors (Lipinski definition) is 1. The van der Waals surface area contributed by atoms with Crippen LogP contribution in [0.4, 0.5) is 0 Å². The highest BCUT2D eigenvalue weighted by Gasteiger charge is 2.19. The van der Waals surface area contributed by atoms with E-state index in [0.29, 0.717) is 5.70 Å². The minimum Gasteiger partial charge on any atom is -0.288 e. The lowest BCUT2D eigenvalue weighted by molar-refractivity contribution is -0.119. The summed E-state index contributed by atoms with van der Waals surface area (Å²) in [7, 11) is 0. The average molecular weight is 260 g/mol. The maximum absolute atomic E-state index is 9.81. The normalized spacial score (nSPS) is 14.1. The van der Waals surface area contributed by atoms with Crippen LogP contribution in [-0.4, -0.2) is 15.8 Å². The zero-order valence-electron chi connectivity index (χ0n) is 9.21. The topological polar surface area (TPSA) is 23.5 Å². The third-order valence-corrected chi connectivity index (χ3v) is 1.84. The van der Waals surface area contributed by atoms with E-state index in [9.17, 15) is 5.21 Å². The zero-order chi connectivity index (χ0) is 11.4. The summed E-state index contributed by atoms with van der Waals surface area (Å²) in [6.45, 7) is 11.4. The van der Waals surface area contributed by atoms with Crippen LogP contribution in [0.5, 0.6) is 0 Å². The van der Waals surface area contributed by atoms with E-state index in [-0.39, 0.29) is 5.54 Å². The standard InChI is InChI=1S/C11H18BrNO/c1-6-10(8-7-9(2)12)13(14)11(3,4)5/h6-8,14H,1H2,2-5H3/b9-7+,10-8+. The Hall–Kier alpha value is -0.540. The van der Waals surface area contributed by atoms with Gasteiger partial charge in [-0.05, 0) is 44.3 Å². The third kappa shape index (κ3) is 4.63. The van der Waals surface area contributed by atoms with Crippen molar-refractivity contribution in [2.24, 2.45) is 0 Å². The van der Waals surface area contributed by atoms with Gasteiger partial charge in [0.2, 0.25) is 0 Å². The number of hydroxylamine groups is 2. The lowest BCUT2D eigenvalue weighted by Gasteiger charge is -2.31. The molecule has 0 aliphatic carbocycles. The van der Waals surface area contributed by atoms with E-state index >= 15 is 0 Å². The predicted octanol–water partition coefficient (Wildman–Crippen LogP) is 3.84. The van der Waals surface area contributed by atoms with Crippen molar-refractivity contribution in [2.75, 3.05) is 0 Å². The number of halogens is 1. The lowest BCUT2D eigenvalue weighted by atomic mass is 10.1. The van der Waals surface area contributed by atoms with Gasteiger partial charge in [-0.2, -0.15) is 0 Å². The van der Waals surface area contributed by atoms with Gasteiger partial charge >= 0.3 is 0 Å². The fourth-order valence-electron chi connectivity index (χ4n) is 0.813. The molecule has 0 saturated carbocycles. The molecule has 0 unspecified atom stereocenters. The van der Waals surface area contributed by atoms with Crippen LogP contribution in [-0.2, 0) is 0 Å². The minimum absolute atomic E-state index is 0.325. The summed E-state index contributed by atoms with van der Waals surface area (Å²) < 4.78 is 0.999. The number of nitrogens with zero attached hydrogens (tertiary/aromatic N) is 1. The first-order chi connectivity index (χ1) is 6.29. The van der Waals surface area contributed by atoms with Crippen molar-refractivity contribution in [1.29, 1.82) is 0 Å². The van der Waals surface area contributed by atoms with Gasteiger partial charge in [-0.1, -0.05) is 28.6 Å². The Morgan fingerprint density at radius 2 is 1.86 bits per heavy atom. The van der Waals surface area contributed by atoms with Gasteiger partial charge in [-0.3, -0.25) is 10.3 Å². The quantitative estimate of drug-likeness (QED) is 0.615. The fraction of sp³-hybridized carbons (Fsp3) is 0.455. The Bertz CT molecular complexity index is 257. The van der Waals surface area contributed by atoms with E-state index in [4.69, 9.17) is 0 Å². The summed E-state index contributed by atoms with van der Waals surface area (Å²) >= 11 is 3.31. The largest absolute Gasteiger partial charge is 0.288 e. The van der Waals surface area contributed by atoms with Gasteiger partial charge < -0.3 is 0 Å². The molecule has 0 fully saturated rings. The molecule has 3 heteroatoms. The van der Waals surface area contributed by atoms with Crippen LogP contribution in [0.25, 0.3) is 0 Å². The van der Waals surface area contributed by atoms with Crippen LogP contribution in [0.15, 0.2) is 35.0 Å². The number of allylic oxidation sites excluding steroid dienone is 4. The van der Waals surface area contributed by atoms with E-state index in [1.807, 2.05) is 39.8 Å². The van der Waals surface area contributed by atoms with E-state index in [2.05, 4.69) is 22.5 Å². The average Bonchev–Trinajstić information content (AvgIpc) is 2.03. The molecule has 0 spiro atoms. The van der Waals surface area contributed by atoms with E-state index < -0.39 is 0 Å². The monoisotopic (exact) mass is 259 g/mol. The third-order valence-electron chi connectivity index (χ3n) is 1.57. The van der Waals surface area contributed by atoms with Gasteiger partial charge in [-0.15, -0.1) is 0 Å². The van der Waals surface area contributed by atoms with E-state index in [1.54, 1.807) is 6.08 Å². The molecule has 0 aromatic rings. The van der Waals surface area contributed by atoms with Gasteiger partial charge in [0, 0.05) is 0 Å². The molecule has 0 atom stereocenters. The van der Waals surface area contributed by atoms with Crippen molar-refractivity contribution in [1.82, 2.24) is 5.06 Å². The van der Waals surface area contributed by atoms with E-state index in [0.717, 1.165) is 4.48 Å². The first kappa shape index (κ1) is 13.5. The molecule has 1 N–H and O–H groups in total. The SMILES string of the molecule is C=C/C(=C\C=C(/C)Br)N(O)C(C)(C)C. The van der Waals surface area contributed by atoms with Gasteiger partial charge in [-0.25, -0.2) is 0 Å². The fourth-order valence-corrected chi connectivity index (χ4v) is 0.945. The first-order valence-electron chi connectivity index (χ1n) is 4.44. The van der Waals surface area contributed by atoms with Crippen molar-refractivity contribution < 1.29 is 5.21 Å². The van der Waals surface area contributed by atoms with Crippen LogP contribution in [0, 0.1) is 0 Å². The Morgan fingerprint density at radius 1 is 1.36 bits per heavy atom. The van der Waals surface area contributed by atoms with Crippen molar-refractivity contribution >= 4 is 15.9 Å². The Kier molecular flexibility index (Phi) is 5.16. The first-order valence-corrected chi connectivity index (χ1v) is 5.24. The minimum atomic E-state index is -0.325. The van der Waals surface area contributed by atoms with Crippen molar-refractivity contribution in [3.8, 4) is 0 Å². The molecular formula is C11H18BrNO. The summed E-state index contributed by atoms with van der Waals surface area (Å²) in [5.41, 5.74) is 0.352. The van der Waals surface area contributed by atoms with Crippen LogP contribution in [0.2, 0.25) is 0 Å². The lowest BCUT2D eigenvalue weighted by Crippen LogP contribution is -2.37.